The Balaban J connectivity index is 2.68. The lowest BCUT2D eigenvalue weighted by Crippen LogP contribution is -2.40. The van der Waals surface area contributed by atoms with Crippen LogP contribution < -0.4 is 5.73 Å². The van der Waals surface area contributed by atoms with Crippen molar-refractivity contribution in [3.8, 4) is 0 Å². The molecule has 1 aromatic carbocycles. The molecule has 2 rings (SSSR count). The van der Waals surface area contributed by atoms with Crippen LogP contribution in [0.2, 0.25) is 0 Å². The predicted molar refractivity (Wildman–Crippen MR) is 63.2 cm³/mol. The third kappa shape index (κ3) is 2.08. The first kappa shape index (κ1) is 12.9. The molecule has 0 aliphatic carbocycles. The number of nitrogens with zero attached hydrogens (tertiary/aromatic N) is 2. The number of alkyl halides is 3. The summed E-state index contributed by atoms with van der Waals surface area (Å²) in [5.74, 6) is 0.316. The molecule has 0 aliphatic heterocycles. The number of hydrogen-bond acceptors (Lipinski definition) is 2. The van der Waals surface area contributed by atoms with E-state index in [9.17, 15) is 13.2 Å². The van der Waals surface area contributed by atoms with Crippen molar-refractivity contribution in [3.63, 3.8) is 0 Å². The Bertz CT molecular complexity index is 557. The van der Waals surface area contributed by atoms with Gasteiger partial charge in [0.05, 0.1) is 11.0 Å². The maximum Gasteiger partial charge on any atom is 0.410 e. The quantitative estimate of drug-likeness (QED) is 0.899. The van der Waals surface area contributed by atoms with Gasteiger partial charge in [-0.2, -0.15) is 13.2 Å². The Morgan fingerprint density at radius 2 is 1.89 bits per heavy atom. The second kappa shape index (κ2) is 4.28. The van der Waals surface area contributed by atoms with Crippen LogP contribution >= 0.6 is 0 Å². The number of para-hydroxylation sites is 2. The molecule has 0 aliphatic rings. The van der Waals surface area contributed by atoms with Crippen LogP contribution in [0.5, 0.6) is 0 Å². The van der Waals surface area contributed by atoms with E-state index in [1.165, 1.54) is 11.5 Å². The number of hydrogen-bond donors (Lipinski definition) is 1. The van der Waals surface area contributed by atoms with E-state index in [0.29, 0.717) is 16.9 Å². The van der Waals surface area contributed by atoms with Crippen LogP contribution in [-0.4, -0.2) is 21.8 Å². The van der Waals surface area contributed by atoms with Crippen LogP contribution in [0.4, 0.5) is 13.2 Å². The summed E-state index contributed by atoms with van der Waals surface area (Å²) in [5, 5.41) is 0. The lowest BCUT2D eigenvalue weighted by atomic mass is 10.1. The first-order valence-corrected chi connectivity index (χ1v) is 5.58. The number of aromatic nitrogens is 2. The second-order valence-corrected chi connectivity index (χ2v) is 4.36. The topological polar surface area (TPSA) is 43.8 Å². The molecule has 2 aromatic rings. The SMILES string of the molecule is Cc1nc2ccccc2n1C(C(C)N)C(F)(F)F. The number of fused-ring (bicyclic) bond motifs is 1. The van der Waals surface area contributed by atoms with E-state index in [2.05, 4.69) is 4.98 Å². The van der Waals surface area contributed by atoms with Gasteiger partial charge >= 0.3 is 6.18 Å². The summed E-state index contributed by atoms with van der Waals surface area (Å²) in [6.07, 6.45) is -4.40. The van der Waals surface area contributed by atoms with E-state index in [1.807, 2.05) is 0 Å². The molecule has 0 amide bonds. The Morgan fingerprint density at radius 1 is 1.28 bits per heavy atom. The fourth-order valence-corrected chi connectivity index (χ4v) is 2.20. The number of imidazole rings is 1. The van der Waals surface area contributed by atoms with Gasteiger partial charge < -0.3 is 10.3 Å². The van der Waals surface area contributed by atoms with Crippen molar-refractivity contribution in [1.29, 1.82) is 0 Å². The van der Waals surface area contributed by atoms with Crippen molar-refractivity contribution in [1.82, 2.24) is 9.55 Å². The van der Waals surface area contributed by atoms with Crippen molar-refractivity contribution in [2.75, 3.05) is 0 Å². The highest BCUT2D eigenvalue weighted by molar-refractivity contribution is 5.76. The van der Waals surface area contributed by atoms with Crippen LogP contribution in [-0.2, 0) is 0 Å². The summed E-state index contributed by atoms with van der Waals surface area (Å²) in [6.45, 7) is 2.91. The van der Waals surface area contributed by atoms with E-state index in [1.54, 1.807) is 31.2 Å². The molecular weight excluding hydrogens is 243 g/mol. The summed E-state index contributed by atoms with van der Waals surface area (Å²) in [6, 6.07) is 3.94. The van der Waals surface area contributed by atoms with Crippen molar-refractivity contribution in [3.05, 3.63) is 30.1 Å². The normalized spacial score (nSPS) is 15.9. The number of halogens is 3. The smallest absolute Gasteiger partial charge is 0.326 e. The van der Waals surface area contributed by atoms with Gasteiger partial charge in [-0.1, -0.05) is 12.1 Å². The van der Waals surface area contributed by atoms with Crippen molar-refractivity contribution >= 4 is 11.0 Å². The average Bonchev–Trinajstić information content (AvgIpc) is 2.54. The number of nitrogens with two attached hydrogens (primary N) is 1. The highest BCUT2D eigenvalue weighted by atomic mass is 19.4. The molecule has 0 fully saturated rings. The highest BCUT2D eigenvalue weighted by Gasteiger charge is 2.44. The van der Waals surface area contributed by atoms with Crippen LogP contribution in [0, 0.1) is 6.92 Å². The number of benzene rings is 1. The van der Waals surface area contributed by atoms with Crippen LogP contribution in [0.25, 0.3) is 11.0 Å². The molecule has 2 N–H and O–H groups in total. The second-order valence-electron chi connectivity index (χ2n) is 4.36. The molecule has 2 atom stereocenters. The lowest BCUT2D eigenvalue weighted by Gasteiger charge is -2.26. The molecule has 6 heteroatoms. The van der Waals surface area contributed by atoms with Gasteiger partial charge in [-0.05, 0) is 26.0 Å². The summed E-state index contributed by atoms with van der Waals surface area (Å²) >= 11 is 0. The third-order valence-corrected chi connectivity index (χ3v) is 2.88. The van der Waals surface area contributed by atoms with Crippen molar-refractivity contribution < 1.29 is 13.2 Å². The molecule has 0 spiro atoms. The molecule has 98 valence electrons. The van der Waals surface area contributed by atoms with Crippen LogP contribution in [0.3, 0.4) is 0 Å². The Labute approximate surface area is 102 Å². The van der Waals surface area contributed by atoms with Gasteiger partial charge in [0, 0.05) is 6.04 Å². The summed E-state index contributed by atoms with van der Waals surface area (Å²) < 4.78 is 40.5. The van der Waals surface area contributed by atoms with Crippen LogP contribution in [0.15, 0.2) is 24.3 Å². The van der Waals surface area contributed by atoms with Gasteiger partial charge in [-0.3, -0.25) is 0 Å². The average molecular weight is 257 g/mol. The standard InChI is InChI=1S/C12H14F3N3/c1-7(16)11(12(13,14)15)18-8(2)17-9-5-3-4-6-10(9)18/h3-7,11H,16H2,1-2H3. The Morgan fingerprint density at radius 3 is 2.44 bits per heavy atom. The maximum absolute atomic E-state index is 13.1. The lowest BCUT2D eigenvalue weighted by molar-refractivity contribution is -0.171. The van der Waals surface area contributed by atoms with E-state index in [-0.39, 0.29) is 0 Å². The third-order valence-electron chi connectivity index (χ3n) is 2.88. The summed E-state index contributed by atoms with van der Waals surface area (Å²) in [4.78, 5) is 4.14. The zero-order chi connectivity index (χ0) is 13.5. The molecule has 0 bridgehead atoms. The van der Waals surface area contributed by atoms with Crippen LogP contribution in [0.1, 0.15) is 18.8 Å². The van der Waals surface area contributed by atoms with Gasteiger partial charge in [0.25, 0.3) is 0 Å². The van der Waals surface area contributed by atoms with Crippen molar-refractivity contribution in [2.24, 2.45) is 5.73 Å². The molecule has 3 nitrogen and oxygen atoms in total. The van der Waals surface area contributed by atoms with Gasteiger partial charge in [0.15, 0.2) is 0 Å². The largest absolute Gasteiger partial charge is 0.410 e. The predicted octanol–water partition coefficient (Wildman–Crippen LogP) is 2.80. The van der Waals surface area contributed by atoms with Gasteiger partial charge in [0.1, 0.15) is 11.9 Å². The molecule has 2 unspecified atom stereocenters. The molecule has 1 aromatic heterocycles. The fraction of sp³-hybridized carbons (Fsp3) is 0.417. The number of rotatable bonds is 2. The maximum atomic E-state index is 13.1. The molecule has 0 saturated heterocycles. The van der Waals surface area contributed by atoms with Gasteiger partial charge in [-0.25, -0.2) is 4.98 Å². The van der Waals surface area contributed by atoms with E-state index in [0.717, 1.165) is 0 Å². The fourth-order valence-electron chi connectivity index (χ4n) is 2.20. The van der Waals surface area contributed by atoms with E-state index in [4.69, 9.17) is 5.73 Å². The minimum Gasteiger partial charge on any atom is -0.326 e. The molecule has 1 heterocycles. The first-order chi connectivity index (χ1) is 8.32. The molecular formula is C12H14F3N3. The zero-order valence-corrected chi connectivity index (χ0v) is 10.1. The number of aryl methyl sites for hydroxylation is 1. The van der Waals surface area contributed by atoms with Gasteiger partial charge in [-0.15, -0.1) is 0 Å². The van der Waals surface area contributed by atoms with Crippen molar-refractivity contribution in [2.45, 2.75) is 32.1 Å². The Kier molecular flexibility index (Phi) is 3.06. The summed E-state index contributed by atoms with van der Waals surface area (Å²) in [7, 11) is 0. The first-order valence-electron chi connectivity index (χ1n) is 5.58. The molecule has 18 heavy (non-hydrogen) atoms. The molecule has 0 saturated carbocycles. The highest BCUT2D eigenvalue weighted by Crippen LogP contribution is 2.35. The van der Waals surface area contributed by atoms with E-state index >= 15 is 0 Å². The molecule has 0 radical (unpaired) electrons. The minimum atomic E-state index is -4.40. The van der Waals surface area contributed by atoms with Gasteiger partial charge in [0.2, 0.25) is 0 Å². The minimum absolute atomic E-state index is 0.316. The van der Waals surface area contributed by atoms with E-state index < -0.39 is 18.3 Å². The monoisotopic (exact) mass is 257 g/mol. The Hall–Kier alpha value is -1.56. The summed E-state index contributed by atoms with van der Waals surface area (Å²) in [5.41, 5.74) is 6.50. The zero-order valence-electron chi connectivity index (χ0n) is 10.1.